The molecule has 1 unspecified atom stereocenters. The molecule has 3 aromatic carbocycles. The average Bonchev–Trinajstić information content (AvgIpc) is 3.84. The van der Waals surface area contributed by atoms with Crippen molar-refractivity contribution >= 4 is 34.8 Å². The van der Waals surface area contributed by atoms with Crippen molar-refractivity contribution in [3.63, 3.8) is 0 Å². The molecule has 1 aliphatic rings. The zero-order valence-corrected chi connectivity index (χ0v) is 26.6. The van der Waals surface area contributed by atoms with Crippen molar-refractivity contribution in [2.45, 2.75) is 56.8 Å². The van der Waals surface area contributed by atoms with Crippen LogP contribution in [0.3, 0.4) is 0 Å². The highest BCUT2D eigenvalue weighted by atomic mass is 32.2. The van der Waals surface area contributed by atoms with Crippen molar-refractivity contribution in [1.29, 1.82) is 0 Å². The number of nitrogens with one attached hydrogen (secondary N) is 3. The minimum Gasteiger partial charge on any atom is -0.593 e. The van der Waals surface area contributed by atoms with E-state index in [-0.39, 0.29) is 54.3 Å². The van der Waals surface area contributed by atoms with Crippen molar-refractivity contribution in [1.82, 2.24) is 16.0 Å². The van der Waals surface area contributed by atoms with E-state index < -0.39 is 47.0 Å². The molecule has 246 valence electrons. The molecule has 3 amide bonds. The van der Waals surface area contributed by atoms with Gasteiger partial charge in [-0.25, -0.2) is 8.78 Å². The number of aliphatic hydroxyl groups is 1. The van der Waals surface area contributed by atoms with E-state index in [1.54, 1.807) is 7.05 Å². The number of rotatable bonds is 15. The molecule has 46 heavy (non-hydrogen) atoms. The molecular formula is C33H38F2N4O6S. The normalized spacial score (nSPS) is 15.2. The smallest absolute Gasteiger partial charge is 0.251 e. The molecule has 0 aliphatic heterocycles. The molecule has 0 aromatic heterocycles. The average molecular weight is 657 g/mol. The van der Waals surface area contributed by atoms with Crippen LogP contribution in [0.5, 0.6) is 5.75 Å². The molecular weight excluding hydrogens is 618 g/mol. The van der Waals surface area contributed by atoms with Gasteiger partial charge in [-0.15, -0.1) is 0 Å². The first-order chi connectivity index (χ1) is 21.9. The summed E-state index contributed by atoms with van der Waals surface area (Å²) >= 11 is -1.49. The summed E-state index contributed by atoms with van der Waals surface area (Å²) in [6, 6.07) is 14.9. The van der Waals surface area contributed by atoms with Gasteiger partial charge in [0, 0.05) is 41.8 Å². The van der Waals surface area contributed by atoms with Crippen molar-refractivity contribution in [2.75, 3.05) is 24.2 Å². The van der Waals surface area contributed by atoms with Crippen LogP contribution in [0.2, 0.25) is 0 Å². The van der Waals surface area contributed by atoms with Crippen molar-refractivity contribution < 1.29 is 37.6 Å². The maximum Gasteiger partial charge on any atom is 0.251 e. The second-order valence-corrected chi connectivity index (χ2v) is 12.6. The molecule has 3 aromatic rings. The molecule has 1 aliphatic carbocycles. The second-order valence-electron chi connectivity index (χ2n) is 11.2. The first-order valence-corrected chi connectivity index (χ1v) is 16.4. The summed E-state index contributed by atoms with van der Waals surface area (Å²) in [7, 11) is 1.55. The van der Waals surface area contributed by atoms with Gasteiger partial charge in [0.2, 0.25) is 5.91 Å². The standard InChI is InChI=1S/C33H38F2N4O6S/c1-20(21-7-5-4-6-8-21)36-32(42)22-13-23(15-27(14-22)39(2)46(3)44)33(43)38-29(19-45-28-17-24(34)16-25(35)18-28)30(40)11-12-31(41)37-26-9-10-26/h4-8,13-18,20,26,29-30,40H,9-12,19H2,1-3H3,(H,36,42)(H,37,41)(H,38,43)/t20-,29+,30+,46?/m1/s1. The highest BCUT2D eigenvalue weighted by molar-refractivity contribution is 7.92. The summed E-state index contributed by atoms with van der Waals surface area (Å²) in [5.41, 5.74) is 1.35. The number of benzene rings is 3. The summed E-state index contributed by atoms with van der Waals surface area (Å²) in [5.74, 6) is -3.32. The number of ether oxygens (including phenoxy) is 1. The molecule has 0 bridgehead atoms. The zero-order chi connectivity index (χ0) is 33.4. The van der Waals surface area contributed by atoms with Crippen LogP contribution >= 0.6 is 0 Å². The minimum absolute atomic E-state index is 0.0211. The van der Waals surface area contributed by atoms with E-state index >= 15 is 0 Å². The van der Waals surface area contributed by atoms with Crippen molar-refractivity contribution in [3.8, 4) is 5.75 Å². The molecule has 1 saturated carbocycles. The third-order valence-corrected chi connectivity index (χ3v) is 8.48. The molecule has 4 atom stereocenters. The fourth-order valence-corrected chi connectivity index (χ4v) is 5.02. The van der Waals surface area contributed by atoms with E-state index in [1.165, 1.54) is 28.8 Å². The molecule has 1 fully saturated rings. The molecule has 0 radical (unpaired) electrons. The lowest BCUT2D eigenvalue weighted by Crippen LogP contribution is -2.47. The molecule has 0 spiro atoms. The number of hydrogen-bond donors (Lipinski definition) is 4. The number of anilines is 1. The van der Waals surface area contributed by atoms with Gasteiger partial charge in [0.05, 0.1) is 42.3 Å². The van der Waals surface area contributed by atoms with Crippen LogP contribution in [-0.4, -0.2) is 65.5 Å². The maximum absolute atomic E-state index is 13.8. The number of nitrogens with zero attached hydrogens (tertiary/aromatic N) is 1. The monoisotopic (exact) mass is 656 g/mol. The fraction of sp³-hybridized carbons (Fsp3) is 0.364. The predicted molar refractivity (Wildman–Crippen MR) is 171 cm³/mol. The third-order valence-electron chi connectivity index (χ3n) is 7.49. The summed E-state index contributed by atoms with van der Waals surface area (Å²) in [6.07, 6.45) is 1.91. The van der Waals surface area contributed by atoms with E-state index in [4.69, 9.17) is 4.74 Å². The van der Waals surface area contributed by atoms with Crippen molar-refractivity contribution in [3.05, 3.63) is 95.1 Å². The molecule has 0 heterocycles. The van der Waals surface area contributed by atoms with Crippen LogP contribution in [-0.2, 0) is 16.2 Å². The summed E-state index contributed by atoms with van der Waals surface area (Å²) in [4.78, 5) is 39.2. The van der Waals surface area contributed by atoms with Crippen LogP contribution in [0.4, 0.5) is 14.5 Å². The Balaban J connectivity index is 1.56. The highest BCUT2D eigenvalue weighted by Gasteiger charge is 2.27. The largest absolute Gasteiger partial charge is 0.593 e. The zero-order valence-electron chi connectivity index (χ0n) is 25.8. The Morgan fingerprint density at radius 2 is 1.61 bits per heavy atom. The molecule has 4 N–H and O–H groups in total. The van der Waals surface area contributed by atoms with Gasteiger partial charge in [-0.05, 0) is 49.9 Å². The van der Waals surface area contributed by atoms with Gasteiger partial charge < -0.3 is 30.3 Å². The van der Waals surface area contributed by atoms with E-state index in [0.717, 1.165) is 30.5 Å². The lowest BCUT2D eigenvalue weighted by Gasteiger charge is -2.25. The number of aliphatic hydroxyl groups excluding tert-OH is 1. The molecule has 10 nitrogen and oxygen atoms in total. The van der Waals surface area contributed by atoms with Crippen LogP contribution in [0.1, 0.15) is 64.9 Å². The molecule has 4 rings (SSSR count). The van der Waals surface area contributed by atoms with E-state index in [9.17, 15) is 32.8 Å². The van der Waals surface area contributed by atoms with E-state index in [2.05, 4.69) is 16.0 Å². The first-order valence-electron chi connectivity index (χ1n) is 14.8. The van der Waals surface area contributed by atoms with Gasteiger partial charge in [0.1, 0.15) is 30.2 Å². The number of amides is 3. The van der Waals surface area contributed by atoms with Gasteiger partial charge >= 0.3 is 0 Å². The Labute approximate surface area is 269 Å². The van der Waals surface area contributed by atoms with Crippen LogP contribution in [0, 0.1) is 11.6 Å². The van der Waals surface area contributed by atoms with Gasteiger partial charge in [-0.2, -0.15) is 4.31 Å². The van der Waals surface area contributed by atoms with Crippen LogP contribution < -0.4 is 25.0 Å². The Bertz CT molecular complexity index is 1500. The Hall–Kier alpha value is -4.20. The number of hydrogen-bond acceptors (Lipinski definition) is 7. The Kier molecular flexibility index (Phi) is 12.0. The molecule has 0 saturated heterocycles. The maximum atomic E-state index is 13.8. The fourth-order valence-electron chi connectivity index (χ4n) is 4.61. The number of halogens is 2. The van der Waals surface area contributed by atoms with Gasteiger partial charge in [0.15, 0.2) is 0 Å². The minimum atomic E-state index is -1.49. The van der Waals surface area contributed by atoms with E-state index in [1.807, 2.05) is 37.3 Å². The van der Waals surface area contributed by atoms with Crippen molar-refractivity contribution in [2.24, 2.45) is 0 Å². The lowest BCUT2D eigenvalue weighted by molar-refractivity contribution is -0.121. The Morgan fingerprint density at radius 3 is 2.20 bits per heavy atom. The first kappa shape index (κ1) is 34.7. The van der Waals surface area contributed by atoms with E-state index in [0.29, 0.717) is 11.8 Å². The number of carbonyl (C=O) groups is 3. The quantitative estimate of drug-likeness (QED) is 0.182. The van der Waals surface area contributed by atoms with Crippen LogP contribution in [0.25, 0.3) is 0 Å². The van der Waals surface area contributed by atoms with Crippen LogP contribution in [0.15, 0.2) is 66.7 Å². The second kappa shape index (κ2) is 15.9. The lowest BCUT2D eigenvalue weighted by atomic mass is 10.0. The number of carbonyl (C=O) groups excluding carboxylic acids is 3. The van der Waals surface area contributed by atoms with Gasteiger partial charge in [0.25, 0.3) is 11.8 Å². The Morgan fingerprint density at radius 1 is 1.00 bits per heavy atom. The predicted octanol–water partition coefficient (Wildman–Crippen LogP) is 3.78. The summed E-state index contributed by atoms with van der Waals surface area (Å²) in [5, 5.41) is 19.4. The third kappa shape index (κ3) is 10.2. The van der Waals surface area contributed by atoms with Gasteiger partial charge in [-0.3, -0.25) is 14.4 Å². The summed E-state index contributed by atoms with van der Waals surface area (Å²) in [6.45, 7) is 1.43. The molecule has 13 heteroatoms. The topological polar surface area (TPSA) is 143 Å². The highest BCUT2D eigenvalue weighted by Crippen LogP contribution is 2.23. The summed E-state index contributed by atoms with van der Waals surface area (Å²) < 4.78 is 46.7. The SMILES string of the molecule is C[C@@H](NC(=O)c1cc(C(=O)N[C@@H](COc2cc(F)cc(F)c2)[C@@H](O)CCC(=O)NC2CC2)cc(N(C)[S+](C)[O-])c1)c1ccccc1. The van der Waals surface area contributed by atoms with Gasteiger partial charge in [-0.1, -0.05) is 30.3 Å².